The fourth-order valence-corrected chi connectivity index (χ4v) is 8.43. The molecule has 6 unspecified atom stereocenters. The third kappa shape index (κ3) is 3.63. The van der Waals surface area contributed by atoms with E-state index in [2.05, 4.69) is 6.92 Å². The lowest BCUT2D eigenvalue weighted by molar-refractivity contribution is -0.167. The van der Waals surface area contributed by atoms with Gasteiger partial charge < -0.3 is 9.84 Å². The van der Waals surface area contributed by atoms with Crippen molar-refractivity contribution in [1.82, 2.24) is 0 Å². The molecule has 5 nitrogen and oxygen atoms in total. The van der Waals surface area contributed by atoms with Crippen LogP contribution in [0.4, 0.5) is 0 Å². The van der Waals surface area contributed by atoms with Gasteiger partial charge in [-0.15, -0.1) is 0 Å². The summed E-state index contributed by atoms with van der Waals surface area (Å²) in [4.78, 5) is 38.9. The maximum absolute atomic E-state index is 13.6. The van der Waals surface area contributed by atoms with Crippen molar-refractivity contribution in [1.29, 1.82) is 0 Å². The standard InChI is InChI=1S/C25H34O5S2/c1-14(2)30-22(31)32-13-20(28)25(29)10-8-18-17-6-5-15-11-16(26)7-9-23(15,3)21(17)19(27)12-24(18,25)4/h11,14,17-18,21,29H,5-10,12-13H2,1-4H3. The summed E-state index contributed by atoms with van der Waals surface area (Å²) in [5.41, 5.74) is -1.41. The van der Waals surface area contributed by atoms with E-state index in [1.54, 1.807) is 6.08 Å². The smallest absolute Gasteiger partial charge is 0.220 e. The molecule has 1 N–H and O–H groups in total. The molecule has 3 saturated carbocycles. The largest absolute Gasteiger partial charge is 0.476 e. The molecule has 0 aromatic carbocycles. The molecule has 0 heterocycles. The van der Waals surface area contributed by atoms with Crippen LogP contribution < -0.4 is 0 Å². The zero-order valence-electron chi connectivity index (χ0n) is 19.4. The van der Waals surface area contributed by atoms with Crippen molar-refractivity contribution in [2.75, 3.05) is 5.75 Å². The van der Waals surface area contributed by atoms with Crippen LogP contribution >= 0.6 is 24.0 Å². The van der Waals surface area contributed by atoms with Gasteiger partial charge in [0.1, 0.15) is 11.4 Å². The quantitative estimate of drug-likeness (QED) is 0.598. The Morgan fingerprint density at radius 2 is 1.97 bits per heavy atom. The summed E-state index contributed by atoms with van der Waals surface area (Å²) in [7, 11) is 0. The lowest BCUT2D eigenvalue weighted by Crippen LogP contribution is -2.60. The summed E-state index contributed by atoms with van der Waals surface area (Å²) in [5, 5.41) is 11.7. The lowest BCUT2D eigenvalue weighted by atomic mass is 9.46. The molecular weight excluding hydrogens is 444 g/mol. The van der Waals surface area contributed by atoms with Crippen molar-refractivity contribution in [3.63, 3.8) is 0 Å². The third-order valence-electron chi connectivity index (χ3n) is 8.92. The van der Waals surface area contributed by atoms with Crippen LogP contribution in [0.5, 0.6) is 0 Å². The van der Waals surface area contributed by atoms with E-state index in [4.69, 9.17) is 17.0 Å². The number of allylic oxidation sites excluding steroid dienone is 1. The summed E-state index contributed by atoms with van der Waals surface area (Å²) in [6.07, 6.45) is 5.97. The molecule has 4 rings (SSSR count). The number of carbonyl (C=O) groups excluding carboxylic acids is 3. The van der Waals surface area contributed by atoms with E-state index in [1.165, 1.54) is 0 Å². The van der Waals surface area contributed by atoms with E-state index in [-0.39, 0.29) is 58.8 Å². The summed E-state index contributed by atoms with van der Waals surface area (Å²) in [6.45, 7) is 7.86. The minimum Gasteiger partial charge on any atom is -0.476 e. The molecule has 4 aliphatic rings. The number of carbonyl (C=O) groups is 3. The topological polar surface area (TPSA) is 80.7 Å². The van der Waals surface area contributed by atoms with E-state index in [0.29, 0.717) is 17.2 Å². The first-order chi connectivity index (χ1) is 14.9. The molecule has 6 atom stereocenters. The Kier molecular flexibility index (Phi) is 6.26. The molecule has 0 radical (unpaired) electrons. The molecule has 0 spiro atoms. The zero-order valence-corrected chi connectivity index (χ0v) is 21.1. The van der Waals surface area contributed by atoms with Gasteiger partial charge in [-0.1, -0.05) is 31.2 Å². The molecular formula is C25H34O5S2. The Morgan fingerprint density at radius 1 is 1.25 bits per heavy atom. The van der Waals surface area contributed by atoms with Gasteiger partial charge in [0.15, 0.2) is 11.6 Å². The molecule has 3 fully saturated rings. The molecule has 0 saturated heterocycles. The Balaban J connectivity index is 1.57. The number of rotatable bonds is 4. The monoisotopic (exact) mass is 478 g/mol. The summed E-state index contributed by atoms with van der Waals surface area (Å²) >= 11 is 6.35. The van der Waals surface area contributed by atoms with Crippen LogP contribution in [0.25, 0.3) is 0 Å². The lowest BCUT2D eigenvalue weighted by Gasteiger charge is -2.57. The molecule has 7 heteroatoms. The van der Waals surface area contributed by atoms with Crippen LogP contribution in [-0.4, -0.2) is 44.3 Å². The Bertz CT molecular complexity index is 895. The number of thiocarbonyl (C=S) groups is 1. The molecule has 0 bridgehead atoms. The van der Waals surface area contributed by atoms with Crippen LogP contribution in [-0.2, 0) is 19.1 Å². The van der Waals surface area contributed by atoms with Crippen molar-refractivity contribution in [3.8, 4) is 0 Å². The van der Waals surface area contributed by atoms with Crippen LogP contribution in [0, 0.1) is 28.6 Å². The number of ketones is 3. The first-order valence-electron chi connectivity index (χ1n) is 11.8. The second-order valence-corrected chi connectivity index (χ2v) is 12.5. The molecule has 4 aliphatic carbocycles. The van der Waals surface area contributed by atoms with Crippen molar-refractivity contribution in [2.45, 2.75) is 84.3 Å². The predicted molar refractivity (Wildman–Crippen MR) is 128 cm³/mol. The average molecular weight is 479 g/mol. The Labute approximate surface area is 200 Å². The second kappa shape index (κ2) is 8.31. The highest BCUT2D eigenvalue weighted by Crippen LogP contribution is 2.66. The van der Waals surface area contributed by atoms with Gasteiger partial charge in [-0.25, -0.2) is 0 Å². The predicted octanol–water partition coefficient (Wildman–Crippen LogP) is 4.44. The van der Waals surface area contributed by atoms with Gasteiger partial charge in [-0.3, -0.25) is 14.4 Å². The van der Waals surface area contributed by atoms with Crippen LogP contribution in [0.15, 0.2) is 11.6 Å². The van der Waals surface area contributed by atoms with Gasteiger partial charge in [0, 0.05) is 24.2 Å². The number of ether oxygens (including phenoxy) is 1. The fourth-order valence-electron chi connectivity index (χ4n) is 7.32. The number of thioether (sulfide) groups is 1. The van der Waals surface area contributed by atoms with Crippen molar-refractivity contribution in [3.05, 3.63) is 11.6 Å². The first kappa shape index (κ1) is 24.1. The highest BCUT2D eigenvalue weighted by atomic mass is 32.2. The molecule has 32 heavy (non-hydrogen) atoms. The van der Waals surface area contributed by atoms with E-state index in [0.717, 1.165) is 43.0 Å². The molecule has 176 valence electrons. The van der Waals surface area contributed by atoms with E-state index >= 15 is 0 Å². The number of hydrogen-bond acceptors (Lipinski definition) is 7. The average Bonchev–Trinajstić information content (AvgIpc) is 2.97. The molecule has 0 aromatic rings. The SMILES string of the molecule is CC(C)OC(=S)SCC(=O)C1(O)CCC2C3CCC4=CC(=O)CCC4(C)C3C(=O)CC21C. The summed E-state index contributed by atoms with van der Waals surface area (Å²) in [6, 6.07) is 0. The normalized spacial score (nSPS) is 40.9. The van der Waals surface area contributed by atoms with E-state index < -0.39 is 11.0 Å². The minimum absolute atomic E-state index is 0.0549. The Hall–Kier alpha value is -1.05. The highest BCUT2D eigenvalue weighted by molar-refractivity contribution is 8.23. The van der Waals surface area contributed by atoms with Gasteiger partial charge in [-0.05, 0) is 81.5 Å². The second-order valence-electron chi connectivity index (χ2n) is 10.9. The highest BCUT2D eigenvalue weighted by Gasteiger charge is 2.68. The zero-order chi connectivity index (χ0) is 23.5. The van der Waals surface area contributed by atoms with Crippen molar-refractivity contribution in [2.24, 2.45) is 28.6 Å². The van der Waals surface area contributed by atoms with Gasteiger partial charge in [0.25, 0.3) is 0 Å². The van der Waals surface area contributed by atoms with Crippen LogP contribution in [0.2, 0.25) is 0 Å². The number of fused-ring (bicyclic) bond motifs is 5. The number of aliphatic hydroxyl groups is 1. The summed E-state index contributed by atoms with van der Waals surface area (Å²) in [5.74, 6) is 0.277. The van der Waals surface area contributed by atoms with E-state index in [9.17, 15) is 19.5 Å². The van der Waals surface area contributed by atoms with Gasteiger partial charge in [0.05, 0.1) is 11.9 Å². The van der Waals surface area contributed by atoms with Crippen molar-refractivity contribution < 1.29 is 24.2 Å². The Morgan fingerprint density at radius 3 is 2.66 bits per heavy atom. The molecule has 0 aliphatic heterocycles. The van der Waals surface area contributed by atoms with Crippen LogP contribution in [0.1, 0.15) is 72.6 Å². The van der Waals surface area contributed by atoms with Gasteiger partial charge in [0.2, 0.25) is 4.38 Å². The maximum Gasteiger partial charge on any atom is 0.220 e. The van der Waals surface area contributed by atoms with Gasteiger partial charge in [-0.2, -0.15) is 0 Å². The molecule has 0 amide bonds. The molecule has 0 aromatic heterocycles. The van der Waals surface area contributed by atoms with E-state index in [1.807, 2.05) is 20.8 Å². The van der Waals surface area contributed by atoms with Crippen molar-refractivity contribution >= 4 is 45.7 Å². The van der Waals surface area contributed by atoms with Gasteiger partial charge >= 0.3 is 0 Å². The van der Waals surface area contributed by atoms with Crippen LogP contribution in [0.3, 0.4) is 0 Å². The number of Topliss-reactive ketones (excluding diaryl/α,β-unsaturated/α-hetero) is 2. The number of hydrogen-bond donors (Lipinski definition) is 1. The maximum atomic E-state index is 13.6. The third-order valence-corrected chi connectivity index (χ3v) is 10.1. The summed E-state index contributed by atoms with van der Waals surface area (Å²) < 4.78 is 5.77. The fraction of sp³-hybridized carbons (Fsp3) is 0.760. The minimum atomic E-state index is -1.52. The first-order valence-corrected chi connectivity index (χ1v) is 13.2.